The number of amides is 1. The topological polar surface area (TPSA) is 74.8 Å². The molecule has 1 aliphatic rings. The van der Waals surface area contributed by atoms with Crippen molar-refractivity contribution in [2.75, 3.05) is 36.4 Å². The van der Waals surface area contributed by atoms with Gasteiger partial charge in [0.05, 0.1) is 12.2 Å². The standard InChI is InChI=1S/C24H33FN4O3S/c1-23(2,3)20(30)18-13-16(25)7-8-19(18)26-14-17-15-33-21(27-17)28-9-11-29(12-10-28)22(31)32-24(4,5)6/h7-8,13,15,26H,9-12,14H2,1-6H3. The summed E-state index contributed by atoms with van der Waals surface area (Å²) in [5.41, 5.74) is 0.656. The van der Waals surface area contributed by atoms with E-state index in [4.69, 9.17) is 9.72 Å². The maximum absolute atomic E-state index is 13.8. The second-order valence-corrected chi connectivity index (χ2v) is 11.0. The lowest BCUT2D eigenvalue weighted by Gasteiger charge is -2.35. The number of hydrogen-bond acceptors (Lipinski definition) is 7. The van der Waals surface area contributed by atoms with Gasteiger partial charge in [0.1, 0.15) is 11.4 Å². The number of halogens is 1. The molecule has 1 N–H and O–H groups in total. The molecule has 1 fully saturated rings. The lowest BCUT2D eigenvalue weighted by Crippen LogP contribution is -2.50. The van der Waals surface area contributed by atoms with E-state index in [9.17, 15) is 14.0 Å². The number of thiazole rings is 1. The van der Waals surface area contributed by atoms with E-state index in [2.05, 4.69) is 10.2 Å². The summed E-state index contributed by atoms with van der Waals surface area (Å²) >= 11 is 1.54. The van der Waals surface area contributed by atoms with Gasteiger partial charge in [0.25, 0.3) is 0 Å². The fraction of sp³-hybridized carbons (Fsp3) is 0.542. The van der Waals surface area contributed by atoms with E-state index in [0.717, 1.165) is 10.8 Å². The van der Waals surface area contributed by atoms with E-state index in [1.54, 1.807) is 22.3 Å². The fourth-order valence-electron chi connectivity index (χ4n) is 3.38. The molecule has 180 valence electrons. The number of nitrogens with one attached hydrogen (secondary N) is 1. The summed E-state index contributed by atoms with van der Waals surface area (Å²) in [5.74, 6) is -0.555. The van der Waals surface area contributed by atoms with Gasteiger partial charge in [0.15, 0.2) is 10.9 Å². The number of aromatic nitrogens is 1. The van der Waals surface area contributed by atoms with Crippen LogP contribution in [-0.4, -0.2) is 53.5 Å². The minimum absolute atomic E-state index is 0.119. The molecule has 0 unspecified atom stereocenters. The molecule has 33 heavy (non-hydrogen) atoms. The van der Waals surface area contributed by atoms with Crippen LogP contribution in [0.15, 0.2) is 23.6 Å². The van der Waals surface area contributed by atoms with Crippen LogP contribution in [0.1, 0.15) is 57.6 Å². The predicted molar refractivity (Wildman–Crippen MR) is 130 cm³/mol. The number of Topliss-reactive ketones (excluding diaryl/α,β-unsaturated/α-hetero) is 1. The Kier molecular flexibility index (Phi) is 7.31. The summed E-state index contributed by atoms with van der Waals surface area (Å²) in [4.78, 5) is 33.6. The van der Waals surface area contributed by atoms with Crippen molar-refractivity contribution in [3.8, 4) is 0 Å². The first-order valence-electron chi connectivity index (χ1n) is 11.1. The maximum atomic E-state index is 13.8. The Labute approximate surface area is 198 Å². The van der Waals surface area contributed by atoms with Crippen molar-refractivity contribution < 1.29 is 18.7 Å². The molecule has 9 heteroatoms. The van der Waals surface area contributed by atoms with Crippen molar-refractivity contribution in [1.29, 1.82) is 0 Å². The number of nitrogens with zero attached hydrogens (tertiary/aromatic N) is 3. The van der Waals surface area contributed by atoms with Crippen LogP contribution in [0.3, 0.4) is 0 Å². The number of rotatable bonds is 5. The lowest BCUT2D eigenvalue weighted by atomic mass is 9.86. The highest BCUT2D eigenvalue weighted by Gasteiger charge is 2.27. The van der Waals surface area contributed by atoms with E-state index in [0.29, 0.717) is 44.0 Å². The molecule has 7 nitrogen and oxygen atoms in total. The first-order chi connectivity index (χ1) is 15.3. The molecule has 0 radical (unpaired) electrons. The Bertz CT molecular complexity index is 1000. The second kappa shape index (κ2) is 9.67. The summed E-state index contributed by atoms with van der Waals surface area (Å²) < 4.78 is 19.2. The van der Waals surface area contributed by atoms with Crippen molar-refractivity contribution in [2.45, 2.75) is 53.7 Å². The van der Waals surface area contributed by atoms with Crippen LogP contribution in [0.5, 0.6) is 0 Å². The third-order valence-electron chi connectivity index (χ3n) is 5.11. The number of ketones is 1. The van der Waals surface area contributed by atoms with Crippen LogP contribution >= 0.6 is 11.3 Å². The molecular formula is C24H33FN4O3S. The largest absolute Gasteiger partial charge is 0.444 e. The number of carbonyl (C=O) groups excluding carboxylic acids is 2. The molecule has 1 aromatic heterocycles. The smallest absolute Gasteiger partial charge is 0.410 e. The van der Waals surface area contributed by atoms with E-state index >= 15 is 0 Å². The van der Waals surface area contributed by atoms with Crippen LogP contribution in [0.2, 0.25) is 0 Å². The Morgan fingerprint density at radius 2 is 1.79 bits per heavy atom. The molecule has 1 aliphatic heterocycles. The van der Waals surface area contributed by atoms with Gasteiger partial charge in [-0.3, -0.25) is 4.79 Å². The Balaban J connectivity index is 1.60. The van der Waals surface area contributed by atoms with Gasteiger partial charge in [0, 0.05) is 48.2 Å². The molecule has 0 aliphatic carbocycles. The first-order valence-corrected chi connectivity index (χ1v) is 12.0. The second-order valence-electron chi connectivity index (χ2n) is 10.2. The summed E-state index contributed by atoms with van der Waals surface area (Å²) in [7, 11) is 0. The molecule has 2 aromatic rings. The third kappa shape index (κ3) is 6.66. The molecule has 1 amide bonds. The molecule has 2 heterocycles. The van der Waals surface area contributed by atoms with Crippen molar-refractivity contribution in [1.82, 2.24) is 9.88 Å². The van der Waals surface area contributed by atoms with Gasteiger partial charge in [-0.2, -0.15) is 0 Å². The van der Waals surface area contributed by atoms with Gasteiger partial charge in [-0.15, -0.1) is 11.3 Å². The molecular weight excluding hydrogens is 443 g/mol. The number of carbonyl (C=O) groups is 2. The molecule has 0 atom stereocenters. The molecule has 1 aromatic carbocycles. The van der Waals surface area contributed by atoms with E-state index < -0.39 is 16.8 Å². The average molecular weight is 477 g/mol. The number of anilines is 2. The van der Waals surface area contributed by atoms with Crippen LogP contribution < -0.4 is 10.2 Å². The number of ether oxygens (including phenoxy) is 1. The monoisotopic (exact) mass is 476 g/mol. The van der Waals surface area contributed by atoms with Gasteiger partial charge < -0.3 is 19.9 Å². The molecule has 0 saturated carbocycles. The molecule has 0 bridgehead atoms. The van der Waals surface area contributed by atoms with Crippen molar-refractivity contribution in [2.24, 2.45) is 5.41 Å². The zero-order valence-electron chi connectivity index (χ0n) is 20.2. The third-order valence-corrected chi connectivity index (χ3v) is 6.06. The minimum Gasteiger partial charge on any atom is -0.444 e. The van der Waals surface area contributed by atoms with Crippen LogP contribution in [0.4, 0.5) is 20.0 Å². The van der Waals surface area contributed by atoms with Crippen LogP contribution in [0, 0.1) is 11.2 Å². The predicted octanol–water partition coefficient (Wildman–Crippen LogP) is 5.18. The van der Waals surface area contributed by atoms with Crippen molar-refractivity contribution in [3.05, 3.63) is 40.7 Å². The number of piperazine rings is 1. The lowest BCUT2D eigenvalue weighted by molar-refractivity contribution is 0.0240. The normalized spacial score (nSPS) is 14.9. The highest BCUT2D eigenvalue weighted by atomic mass is 32.1. The van der Waals surface area contributed by atoms with Crippen LogP contribution in [-0.2, 0) is 11.3 Å². The van der Waals surface area contributed by atoms with Crippen molar-refractivity contribution >= 4 is 34.0 Å². The summed E-state index contributed by atoms with van der Waals surface area (Å²) in [6, 6.07) is 4.22. The molecule has 3 rings (SSSR count). The zero-order chi connectivity index (χ0) is 24.4. The van der Waals surface area contributed by atoms with E-state index in [1.165, 1.54) is 12.1 Å². The quantitative estimate of drug-likeness (QED) is 0.600. The van der Waals surface area contributed by atoms with E-state index in [-0.39, 0.29) is 11.9 Å². The fourth-order valence-corrected chi connectivity index (χ4v) is 4.26. The van der Waals surface area contributed by atoms with Gasteiger partial charge in [-0.1, -0.05) is 20.8 Å². The molecule has 1 saturated heterocycles. The zero-order valence-corrected chi connectivity index (χ0v) is 21.0. The van der Waals surface area contributed by atoms with Crippen molar-refractivity contribution in [3.63, 3.8) is 0 Å². The highest BCUT2D eigenvalue weighted by molar-refractivity contribution is 7.13. The Morgan fingerprint density at radius 3 is 2.39 bits per heavy atom. The van der Waals surface area contributed by atoms with Crippen LogP contribution in [0.25, 0.3) is 0 Å². The Hall–Kier alpha value is -2.68. The summed E-state index contributed by atoms with van der Waals surface area (Å²) in [6.07, 6.45) is -0.286. The number of benzene rings is 1. The Morgan fingerprint density at radius 1 is 1.12 bits per heavy atom. The van der Waals surface area contributed by atoms with Gasteiger partial charge >= 0.3 is 6.09 Å². The maximum Gasteiger partial charge on any atom is 0.410 e. The minimum atomic E-state index is -0.612. The SMILES string of the molecule is CC(C)(C)OC(=O)N1CCN(c2nc(CNc3ccc(F)cc3C(=O)C(C)(C)C)cs2)CC1. The summed E-state index contributed by atoms with van der Waals surface area (Å²) in [6.45, 7) is 14.0. The first kappa shape index (κ1) is 25.0. The van der Waals surface area contributed by atoms with E-state index in [1.807, 2.05) is 46.9 Å². The average Bonchev–Trinajstić information content (AvgIpc) is 3.19. The van der Waals surface area contributed by atoms with Gasteiger partial charge in [-0.25, -0.2) is 14.2 Å². The number of hydrogen-bond donors (Lipinski definition) is 1. The molecule has 0 spiro atoms. The van der Waals surface area contributed by atoms with Gasteiger partial charge in [0.2, 0.25) is 0 Å². The van der Waals surface area contributed by atoms with Gasteiger partial charge in [-0.05, 0) is 39.0 Å². The summed E-state index contributed by atoms with van der Waals surface area (Å²) in [5, 5.41) is 6.10. The highest BCUT2D eigenvalue weighted by Crippen LogP contribution is 2.28.